The van der Waals surface area contributed by atoms with E-state index in [0.29, 0.717) is 6.54 Å². The van der Waals surface area contributed by atoms with E-state index in [1.54, 1.807) is 27.7 Å². The van der Waals surface area contributed by atoms with Gasteiger partial charge in [-0.05, 0) is 39.7 Å². The molecule has 7 nitrogen and oxygen atoms in total. The van der Waals surface area contributed by atoms with Crippen molar-refractivity contribution in [2.45, 2.75) is 59.3 Å². The highest BCUT2D eigenvalue weighted by molar-refractivity contribution is 6.62. The van der Waals surface area contributed by atoms with Gasteiger partial charge in [0.1, 0.15) is 0 Å². The van der Waals surface area contributed by atoms with Gasteiger partial charge in [-0.2, -0.15) is 5.10 Å². The summed E-state index contributed by atoms with van der Waals surface area (Å²) >= 11 is 0. The topological polar surface area (TPSA) is 108 Å². The van der Waals surface area contributed by atoms with E-state index in [9.17, 15) is 20.2 Å². The highest BCUT2D eigenvalue weighted by Gasteiger charge is 2.40. The van der Waals surface area contributed by atoms with Crippen LogP contribution in [0, 0.1) is 5.92 Å². The van der Waals surface area contributed by atoms with Crippen molar-refractivity contribution in [2.24, 2.45) is 5.92 Å². The molecule has 0 saturated heterocycles. The first kappa shape index (κ1) is 19.2. The summed E-state index contributed by atoms with van der Waals surface area (Å²) in [6.07, 6.45) is 0. The molecule has 0 fully saturated rings. The van der Waals surface area contributed by atoms with Crippen LogP contribution < -0.4 is 11.2 Å². The summed E-state index contributed by atoms with van der Waals surface area (Å²) in [6, 6.07) is 1.39. The van der Waals surface area contributed by atoms with Crippen LogP contribution in [-0.4, -0.2) is 55.4 Å². The van der Waals surface area contributed by atoms with Gasteiger partial charge in [0.25, 0.3) is 0 Å². The van der Waals surface area contributed by atoms with Crippen LogP contribution in [0.4, 0.5) is 0 Å². The Kier molecular flexibility index (Phi) is 5.86. The summed E-state index contributed by atoms with van der Waals surface area (Å²) in [7, 11) is -3.07. The molecule has 9 heteroatoms. The lowest BCUT2D eigenvalue weighted by Gasteiger charge is -2.38. The average Bonchev–Trinajstić information content (AvgIpc) is 2.69. The van der Waals surface area contributed by atoms with Crippen molar-refractivity contribution in [3.05, 3.63) is 6.07 Å². The van der Waals surface area contributed by atoms with Gasteiger partial charge in [-0.25, -0.2) is 0 Å². The van der Waals surface area contributed by atoms with Gasteiger partial charge >= 0.3 is 14.2 Å². The Morgan fingerprint density at radius 3 is 2.18 bits per heavy atom. The van der Waals surface area contributed by atoms with Crippen LogP contribution in [0.15, 0.2) is 6.07 Å². The first-order valence-corrected chi connectivity index (χ1v) is 7.37. The zero-order valence-corrected chi connectivity index (χ0v) is 14.1. The molecule has 0 radical (unpaired) electrons. The molecule has 0 aliphatic carbocycles. The molecule has 1 aromatic heterocycles. The maximum atomic E-state index is 10.2. The molecule has 0 aromatic carbocycles. The van der Waals surface area contributed by atoms with E-state index in [-0.39, 0.29) is 17.1 Å². The van der Waals surface area contributed by atoms with E-state index in [2.05, 4.69) is 5.10 Å². The fraction of sp³-hybridized carbons (Fsp3) is 0.769. The molecule has 1 aromatic rings. The number of aromatic nitrogens is 2. The van der Waals surface area contributed by atoms with E-state index >= 15 is 0 Å². The second-order valence-electron chi connectivity index (χ2n) is 6.98. The molecule has 0 amide bonds. The Labute approximate surface area is 132 Å². The van der Waals surface area contributed by atoms with Gasteiger partial charge in [0, 0.05) is 6.54 Å². The van der Waals surface area contributed by atoms with Crippen LogP contribution in [0.25, 0.3) is 0 Å². The number of nitrogens with zero attached hydrogens (tertiary/aromatic N) is 2. The first-order chi connectivity index (χ1) is 9.85. The monoisotopic (exact) mass is 312 g/mol. The fourth-order valence-corrected chi connectivity index (χ4v) is 1.76. The van der Waals surface area contributed by atoms with E-state index in [0.717, 1.165) is 0 Å². The molecular weight excluding hydrogens is 286 g/mol. The number of hydrogen-bond acceptors (Lipinski definition) is 6. The Balaban J connectivity index is 3.01. The van der Waals surface area contributed by atoms with Crippen molar-refractivity contribution in [1.29, 1.82) is 0 Å². The van der Waals surface area contributed by atoms with Gasteiger partial charge in [-0.1, -0.05) is 13.8 Å². The van der Waals surface area contributed by atoms with Gasteiger partial charge in [0.2, 0.25) is 0 Å². The van der Waals surface area contributed by atoms with Crippen molar-refractivity contribution in [3.63, 3.8) is 0 Å². The summed E-state index contributed by atoms with van der Waals surface area (Å²) in [5, 5.41) is 43.3. The second-order valence-corrected chi connectivity index (χ2v) is 6.98. The fourth-order valence-electron chi connectivity index (χ4n) is 1.76. The predicted octanol–water partition coefficient (Wildman–Crippen LogP) is -1.53. The van der Waals surface area contributed by atoms with Crippen LogP contribution in [0.3, 0.4) is 0 Å². The molecule has 0 bridgehead atoms. The third-order valence-electron chi connectivity index (χ3n) is 3.77. The van der Waals surface area contributed by atoms with Gasteiger partial charge in [-0.3, -0.25) is 4.68 Å². The van der Waals surface area contributed by atoms with Crippen LogP contribution in [0.1, 0.15) is 41.5 Å². The quantitative estimate of drug-likeness (QED) is 0.455. The van der Waals surface area contributed by atoms with E-state index in [4.69, 9.17) is 4.65 Å². The van der Waals surface area contributed by atoms with Crippen molar-refractivity contribution >= 4 is 25.4 Å². The largest absolute Gasteiger partial charge is 0.513 e. The summed E-state index contributed by atoms with van der Waals surface area (Å²) in [6.45, 7) is 10.9. The highest BCUT2D eigenvalue weighted by Crippen LogP contribution is 2.25. The Morgan fingerprint density at radius 2 is 1.77 bits per heavy atom. The normalized spacial score (nSPS) is 12.9. The molecule has 0 spiro atoms. The summed E-state index contributed by atoms with van der Waals surface area (Å²) in [5.41, 5.74) is -1.84. The zero-order valence-electron chi connectivity index (χ0n) is 14.1. The molecule has 0 unspecified atom stereocenters. The molecule has 0 atom stereocenters. The minimum atomic E-state index is -1.69. The minimum Gasteiger partial charge on any atom is -0.422 e. The molecule has 0 saturated carbocycles. The van der Waals surface area contributed by atoms with Crippen molar-refractivity contribution in [2.75, 3.05) is 0 Å². The number of rotatable bonds is 7. The molecule has 124 valence electrons. The molecule has 22 heavy (non-hydrogen) atoms. The summed E-state index contributed by atoms with van der Waals surface area (Å²) < 4.78 is 6.95. The van der Waals surface area contributed by atoms with Gasteiger partial charge in [0.15, 0.2) is 0 Å². The summed E-state index contributed by atoms with van der Waals surface area (Å²) in [4.78, 5) is 0. The predicted molar refractivity (Wildman–Crippen MR) is 86.0 cm³/mol. The average molecular weight is 312 g/mol. The second kappa shape index (κ2) is 6.72. The third kappa shape index (κ3) is 4.57. The Morgan fingerprint density at radius 1 is 1.23 bits per heavy atom. The van der Waals surface area contributed by atoms with Crippen LogP contribution >= 0.6 is 0 Å². The lowest BCUT2D eigenvalue weighted by atomic mass is 9.78. The maximum Gasteiger partial charge on any atom is 0.513 e. The lowest BCUT2D eigenvalue weighted by molar-refractivity contribution is -0.0983. The number of hydrogen-bond donors (Lipinski definition) is 4. The Hall–Kier alpha value is -0.860. The maximum absolute atomic E-state index is 10.2. The van der Waals surface area contributed by atoms with Crippen molar-refractivity contribution in [1.82, 2.24) is 9.78 Å². The van der Waals surface area contributed by atoms with Crippen LogP contribution in [0.5, 0.6) is 0 Å². The zero-order chi connectivity index (χ0) is 17.3. The molecule has 0 aliphatic heterocycles. The first-order valence-electron chi connectivity index (χ1n) is 7.37. The van der Waals surface area contributed by atoms with Gasteiger partial charge in [-0.15, -0.1) is 0 Å². The number of aliphatic hydroxyl groups is 1. The molecule has 0 aliphatic rings. The highest BCUT2D eigenvalue weighted by atomic mass is 16.5. The van der Waals surface area contributed by atoms with Crippen molar-refractivity contribution in [3.8, 4) is 0 Å². The van der Waals surface area contributed by atoms with Gasteiger partial charge in [0.05, 0.1) is 22.4 Å². The molecular formula is C13H26B2N2O5. The van der Waals surface area contributed by atoms with Crippen LogP contribution in [0.2, 0.25) is 0 Å². The third-order valence-corrected chi connectivity index (χ3v) is 3.77. The Bertz CT molecular complexity index is 497. The van der Waals surface area contributed by atoms with Gasteiger partial charge < -0.3 is 24.8 Å². The lowest BCUT2D eigenvalue weighted by Crippen LogP contribution is -2.53. The molecule has 4 N–H and O–H groups in total. The van der Waals surface area contributed by atoms with Crippen LogP contribution in [-0.2, 0) is 11.2 Å². The van der Waals surface area contributed by atoms with E-state index < -0.39 is 25.4 Å². The SMILES string of the molecule is CC(C)Cn1nc(B(O)OC(C)(C)C(C)(C)O)cc1B(O)O. The molecule has 1 rings (SSSR count). The van der Waals surface area contributed by atoms with Crippen molar-refractivity contribution < 1.29 is 24.8 Å². The summed E-state index contributed by atoms with van der Waals surface area (Å²) in [5.74, 6) is 0.246. The van der Waals surface area contributed by atoms with E-state index in [1.807, 2.05) is 13.8 Å². The minimum absolute atomic E-state index is 0.168. The smallest absolute Gasteiger partial charge is 0.422 e. The standard InChI is InChI=1S/C13H26B2N2O5/c1-9(2)8-17-11(14(19)20)7-10(16-17)15(21)22-13(5,6)12(3,4)18/h7,9,18-21H,8H2,1-6H3. The molecule has 1 heterocycles. The van der Waals surface area contributed by atoms with E-state index in [1.165, 1.54) is 10.7 Å².